The number of alkyl halides is 3. The van der Waals surface area contributed by atoms with Crippen LogP contribution in [-0.4, -0.2) is 11.5 Å². The Labute approximate surface area is 102 Å². The number of rotatable bonds is 4. The molecule has 0 atom stereocenters. The summed E-state index contributed by atoms with van der Waals surface area (Å²) in [7, 11) is 0. The van der Waals surface area contributed by atoms with E-state index < -0.39 is 22.4 Å². The molecule has 0 heterocycles. The zero-order valence-electron chi connectivity index (χ0n) is 9.82. The van der Waals surface area contributed by atoms with Gasteiger partial charge in [-0.05, 0) is 18.1 Å². The van der Waals surface area contributed by atoms with Crippen molar-refractivity contribution in [3.63, 3.8) is 0 Å². The summed E-state index contributed by atoms with van der Waals surface area (Å²) >= 11 is 0. The summed E-state index contributed by atoms with van der Waals surface area (Å²) in [6, 6.07) is 2.22. The second-order valence-corrected chi connectivity index (χ2v) is 4.14. The third-order valence-electron chi connectivity index (χ3n) is 2.06. The minimum atomic E-state index is -4.61. The molecule has 1 aromatic carbocycles. The van der Waals surface area contributed by atoms with E-state index in [9.17, 15) is 23.3 Å². The first-order valence-corrected chi connectivity index (χ1v) is 5.20. The molecule has 0 amide bonds. The predicted octanol–water partition coefficient (Wildman–Crippen LogP) is 3.65. The molecule has 7 heteroatoms. The Morgan fingerprint density at radius 3 is 2.44 bits per heavy atom. The van der Waals surface area contributed by atoms with Crippen LogP contribution in [0, 0.1) is 16.0 Å². The quantitative estimate of drug-likeness (QED) is 0.615. The van der Waals surface area contributed by atoms with Crippen molar-refractivity contribution in [1.29, 1.82) is 0 Å². The van der Waals surface area contributed by atoms with E-state index in [0.717, 1.165) is 12.1 Å². The van der Waals surface area contributed by atoms with Crippen LogP contribution in [0.1, 0.15) is 19.4 Å². The van der Waals surface area contributed by atoms with Crippen molar-refractivity contribution in [1.82, 2.24) is 0 Å². The SMILES string of the molecule is CC(C)COc1ccc(C(F)(F)F)cc1[N+](=O)[O-]. The highest BCUT2D eigenvalue weighted by Gasteiger charge is 2.33. The maximum atomic E-state index is 12.4. The van der Waals surface area contributed by atoms with Crippen LogP contribution in [0.15, 0.2) is 18.2 Å². The maximum Gasteiger partial charge on any atom is 0.416 e. The van der Waals surface area contributed by atoms with Crippen LogP contribution < -0.4 is 4.74 Å². The van der Waals surface area contributed by atoms with Crippen molar-refractivity contribution in [3.05, 3.63) is 33.9 Å². The first kappa shape index (κ1) is 14.3. The highest BCUT2D eigenvalue weighted by Crippen LogP contribution is 2.36. The van der Waals surface area contributed by atoms with Crippen molar-refractivity contribution in [2.24, 2.45) is 5.92 Å². The second kappa shape index (κ2) is 5.24. The molecular weight excluding hydrogens is 251 g/mol. The molecule has 0 aliphatic rings. The molecule has 0 aromatic heterocycles. The van der Waals surface area contributed by atoms with Crippen LogP contribution in [0.25, 0.3) is 0 Å². The van der Waals surface area contributed by atoms with Gasteiger partial charge >= 0.3 is 11.9 Å². The number of nitro benzene ring substituents is 1. The van der Waals surface area contributed by atoms with E-state index in [1.54, 1.807) is 0 Å². The molecule has 0 bridgehead atoms. The standard InChI is InChI=1S/C11H12F3NO3/c1-7(2)6-18-10-4-3-8(11(12,13)14)5-9(10)15(16)17/h3-5,7H,6H2,1-2H3. The van der Waals surface area contributed by atoms with Gasteiger partial charge in [0.1, 0.15) is 0 Å². The molecule has 0 spiro atoms. The zero-order valence-corrected chi connectivity index (χ0v) is 9.82. The lowest BCUT2D eigenvalue weighted by Gasteiger charge is -2.11. The summed E-state index contributed by atoms with van der Waals surface area (Å²) < 4.78 is 42.4. The lowest BCUT2D eigenvalue weighted by Crippen LogP contribution is -2.09. The van der Waals surface area contributed by atoms with E-state index in [2.05, 4.69) is 0 Å². The summed E-state index contributed by atoms with van der Waals surface area (Å²) in [5.74, 6) is -0.0337. The highest BCUT2D eigenvalue weighted by atomic mass is 19.4. The lowest BCUT2D eigenvalue weighted by molar-refractivity contribution is -0.386. The average Bonchev–Trinajstić information content (AvgIpc) is 2.24. The van der Waals surface area contributed by atoms with E-state index in [0.29, 0.717) is 6.07 Å². The largest absolute Gasteiger partial charge is 0.487 e. The summed E-state index contributed by atoms with van der Waals surface area (Å²) in [6.07, 6.45) is -4.61. The van der Waals surface area contributed by atoms with Crippen molar-refractivity contribution >= 4 is 5.69 Å². The van der Waals surface area contributed by atoms with Crippen molar-refractivity contribution in [3.8, 4) is 5.75 Å². The van der Waals surface area contributed by atoms with Crippen LogP contribution in [0.2, 0.25) is 0 Å². The molecule has 18 heavy (non-hydrogen) atoms. The minimum Gasteiger partial charge on any atom is -0.487 e. The Morgan fingerprint density at radius 2 is 2.00 bits per heavy atom. The third-order valence-corrected chi connectivity index (χ3v) is 2.06. The number of benzene rings is 1. The fraction of sp³-hybridized carbons (Fsp3) is 0.455. The Balaban J connectivity index is 3.09. The second-order valence-electron chi connectivity index (χ2n) is 4.14. The molecule has 1 rings (SSSR count). The van der Waals surface area contributed by atoms with E-state index in [1.165, 1.54) is 0 Å². The number of nitrogens with zero attached hydrogens (tertiary/aromatic N) is 1. The van der Waals surface area contributed by atoms with Gasteiger partial charge in [0.05, 0.1) is 17.1 Å². The van der Waals surface area contributed by atoms with Gasteiger partial charge < -0.3 is 4.74 Å². The van der Waals surface area contributed by atoms with Crippen LogP contribution in [0.3, 0.4) is 0 Å². The molecule has 0 saturated carbocycles. The van der Waals surface area contributed by atoms with Crippen molar-refractivity contribution < 1.29 is 22.8 Å². The minimum absolute atomic E-state index is 0.117. The molecule has 1 aromatic rings. The molecule has 0 saturated heterocycles. The van der Waals surface area contributed by atoms with Gasteiger partial charge in [-0.1, -0.05) is 13.8 Å². The molecular formula is C11H12F3NO3. The summed E-state index contributed by atoms with van der Waals surface area (Å²) in [6.45, 7) is 3.86. The number of nitro groups is 1. The van der Waals surface area contributed by atoms with Crippen LogP contribution in [-0.2, 0) is 6.18 Å². The average molecular weight is 263 g/mol. The topological polar surface area (TPSA) is 52.4 Å². The van der Waals surface area contributed by atoms with Gasteiger partial charge in [-0.25, -0.2) is 0 Å². The van der Waals surface area contributed by atoms with Gasteiger partial charge in [0.25, 0.3) is 0 Å². The van der Waals surface area contributed by atoms with Gasteiger partial charge in [0.15, 0.2) is 5.75 Å². The summed E-state index contributed by atoms with van der Waals surface area (Å²) in [5.41, 5.74) is -1.74. The highest BCUT2D eigenvalue weighted by molar-refractivity contribution is 5.49. The van der Waals surface area contributed by atoms with Gasteiger partial charge in [-0.3, -0.25) is 10.1 Å². The van der Waals surface area contributed by atoms with E-state index >= 15 is 0 Å². The molecule has 0 N–H and O–H groups in total. The van der Waals surface area contributed by atoms with Crippen LogP contribution in [0.5, 0.6) is 5.75 Å². The third kappa shape index (κ3) is 3.61. The van der Waals surface area contributed by atoms with Gasteiger partial charge in [0, 0.05) is 6.07 Å². The predicted molar refractivity (Wildman–Crippen MR) is 58.4 cm³/mol. The molecule has 0 radical (unpaired) electrons. The Hall–Kier alpha value is -1.79. The fourth-order valence-corrected chi connectivity index (χ4v) is 1.21. The van der Waals surface area contributed by atoms with Crippen molar-refractivity contribution in [2.45, 2.75) is 20.0 Å². The van der Waals surface area contributed by atoms with E-state index in [4.69, 9.17) is 4.74 Å². The molecule has 4 nitrogen and oxygen atoms in total. The van der Waals surface area contributed by atoms with E-state index in [-0.39, 0.29) is 18.3 Å². The molecule has 0 unspecified atom stereocenters. The van der Waals surface area contributed by atoms with E-state index in [1.807, 2.05) is 13.8 Å². The number of halogens is 3. The number of hydrogen-bond donors (Lipinski definition) is 0. The van der Waals surface area contributed by atoms with Gasteiger partial charge in [-0.2, -0.15) is 13.2 Å². The Kier molecular flexibility index (Phi) is 4.15. The summed E-state index contributed by atoms with van der Waals surface area (Å²) in [5, 5.41) is 10.7. The normalized spacial score (nSPS) is 11.7. The zero-order chi connectivity index (χ0) is 13.9. The van der Waals surface area contributed by atoms with Gasteiger partial charge in [-0.15, -0.1) is 0 Å². The molecule has 0 fully saturated rings. The smallest absolute Gasteiger partial charge is 0.416 e. The summed E-state index contributed by atoms with van der Waals surface area (Å²) in [4.78, 5) is 9.82. The maximum absolute atomic E-state index is 12.4. The van der Waals surface area contributed by atoms with Crippen LogP contribution >= 0.6 is 0 Å². The molecule has 100 valence electrons. The molecule has 0 aliphatic carbocycles. The van der Waals surface area contributed by atoms with Crippen LogP contribution in [0.4, 0.5) is 18.9 Å². The van der Waals surface area contributed by atoms with Gasteiger partial charge in [0.2, 0.25) is 0 Å². The lowest BCUT2D eigenvalue weighted by atomic mass is 10.2. The first-order valence-electron chi connectivity index (χ1n) is 5.20. The monoisotopic (exact) mass is 263 g/mol. The Morgan fingerprint density at radius 1 is 1.39 bits per heavy atom. The fourth-order valence-electron chi connectivity index (χ4n) is 1.21. The molecule has 0 aliphatic heterocycles. The first-order chi connectivity index (χ1) is 8.21. The van der Waals surface area contributed by atoms with Crippen molar-refractivity contribution in [2.75, 3.05) is 6.61 Å². The Bertz CT molecular complexity index is 444. The number of ether oxygens (including phenoxy) is 1. The number of hydrogen-bond acceptors (Lipinski definition) is 3.